The summed E-state index contributed by atoms with van der Waals surface area (Å²) in [5.41, 5.74) is 2.89. The van der Waals surface area contributed by atoms with Crippen LogP contribution in [-0.4, -0.2) is 8.42 Å². The van der Waals surface area contributed by atoms with E-state index in [2.05, 4.69) is 11.3 Å². The number of aryl methyl sites for hydroxylation is 1. The Labute approximate surface area is 132 Å². The first-order valence-electron chi connectivity index (χ1n) is 7.17. The third kappa shape index (κ3) is 4.29. The van der Waals surface area contributed by atoms with Gasteiger partial charge in [-0.3, -0.25) is 0 Å². The number of nitrogens with one attached hydrogen (secondary N) is 1. The Hall–Kier alpha value is -1.91. The molecule has 0 radical (unpaired) electrons. The van der Waals surface area contributed by atoms with Crippen molar-refractivity contribution in [2.75, 3.05) is 0 Å². The highest BCUT2D eigenvalue weighted by atomic mass is 32.2. The molecule has 116 valence electrons. The quantitative estimate of drug-likeness (QED) is 0.820. The van der Waals surface area contributed by atoms with Crippen LogP contribution in [0, 0.1) is 6.92 Å². The summed E-state index contributed by atoms with van der Waals surface area (Å²) in [5.74, 6) is 0. The SMILES string of the molecule is C=C(C)C[C@@H](NS(=O)(=O)c1ccc(C)cc1)c1ccccc1. The highest BCUT2D eigenvalue weighted by Crippen LogP contribution is 2.23. The zero-order valence-electron chi connectivity index (χ0n) is 12.9. The van der Waals surface area contributed by atoms with Crippen LogP contribution >= 0.6 is 0 Å². The molecule has 2 rings (SSSR count). The Balaban J connectivity index is 2.30. The van der Waals surface area contributed by atoms with Crippen molar-refractivity contribution in [3.63, 3.8) is 0 Å². The molecule has 0 aliphatic rings. The lowest BCUT2D eigenvalue weighted by molar-refractivity contribution is 0.554. The number of hydrogen-bond donors (Lipinski definition) is 1. The summed E-state index contributed by atoms with van der Waals surface area (Å²) in [7, 11) is -3.56. The van der Waals surface area contributed by atoms with Gasteiger partial charge in [0, 0.05) is 0 Å². The summed E-state index contributed by atoms with van der Waals surface area (Å²) in [4.78, 5) is 0.278. The topological polar surface area (TPSA) is 46.2 Å². The summed E-state index contributed by atoms with van der Waals surface area (Å²) in [6.45, 7) is 7.73. The maximum absolute atomic E-state index is 12.6. The van der Waals surface area contributed by atoms with Crippen LogP contribution in [-0.2, 0) is 10.0 Å². The predicted molar refractivity (Wildman–Crippen MR) is 90.1 cm³/mol. The lowest BCUT2D eigenvalue weighted by Gasteiger charge is -2.19. The lowest BCUT2D eigenvalue weighted by atomic mass is 10.0. The fourth-order valence-electron chi connectivity index (χ4n) is 2.23. The monoisotopic (exact) mass is 315 g/mol. The van der Waals surface area contributed by atoms with Crippen molar-refractivity contribution in [3.8, 4) is 0 Å². The van der Waals surface area contributed by atoms with Crippen molar-refractivity contribution in [2.24, 2.45) is 0 Å². The zero-order chi connectivity index (χ0) is 16.2. The van der Waals surface area contributed by atoms with E-state index >= 15 is 0 Å². The molecule has 0 saturated carbocycles. The van der Waals surface area contributed by atoms with Crippen LogP contribution in [0.2, 0.25) is 0 Å². The van der Waals surface area contributed by atoms with E-state index < -0.39 is 10.0 Å². The van der Waals surface area contributed by atoms with Crippen LogP contribution in [0.4, 0.5) is 0 Å². The smallest absolute Gasteiger partial charge is 0.207 e. The van der Waals surface area contributed by atoms with Gasteiger partial charge in [-0.25, -0.2) is 13.1 Å². The zero-order valence-corrected chi connectivity index (χ0v) is 13.7. The van der Waals surface area contributed by atoms with E-state index in [1.165, 1.54) is 0 Å². The van der Waals surface area contributed by atoms with Crippen molar-refractivity contribution in [3.05, 3.63) is 77.9 Å². The van der Waals surface area contributed by atoms with Crippen LogP contribution in [0.5, 0.6) is 0 Å². The predicted octanol–water partition coefficient (Wildman–Crippen LogP) is 3.98. The second-order valence-electron chi connectivity index (χ2n) is 5.56. The molecule has 0 fully saturated rings. The molecule has 1 atom stereocenters. The van der Waals surface area contributed by atoms with E-state index in [1.807, 2.05) is 44.2 Å². The first kappa shape index (κ1) is 16.5. The second kappa shape index (κ2) is 6.90. The van der Waals surface area contributed by atoms with E-state index in [0.29, 0.717) is 6.42 Å². The molecule has 0 bridgehead atoms. The molecule has 0 unspecified atom stereocenters. The highest BCUT2D eigenvalue weighted by Gasteiger charge is 2.21. The molecule has 1 N–H and O–H groups in total. The van der Waals surface area contributed by atoms with E-state index in [-0.39, 0.29) is 10.9 Å². The fraction of sp³-hybridized carbons (Fsp3) is 0.222. The maximum atomic E-state index is 12.6. The molecular formula is C18H21NO2S. The van der Waals surface area contributed by atoms with Gasteiger partial charge in [0.25, 0.3) is 0 Å². The molecule has 0 aromatic heterocycles. The summed E-state index contributed by atoms with van der Waals surface area (Å²) in [6, 6.07) is 16.1. The fourth-order valence-corrected chi connectivity index (χ4v) is 3.46. The summed E-state index contributed by atoms with van der Waals surface area (Å²) in [6.07, 6.45) is 0.565. The van der Waals surface area contributed by atoms with E-state index in [4.69, 9.17) is 0 Å². The second-order valence-corrected chi connectivity index (χ2v) is 7.27. The minimum absolute atomic E-state index is 0.278. The molecule has 3 nitrogen and oxygen atoms in total. The number of sulfonamides is 1. The highest BCUT2D eigenvalue weighted by molar-refractivity contribution is 7.89. The lowest BCUT2D eigenvalue weighted by Crippen LogP contribution is -2.28. The Morgan fingerprint density at radius 2 is 1.68 bits per heavy atom. The van der Waals surface area contributed by atoms with Crippen molar-refractivity contribution >= 4 is 10.0 Å². The summed E-state index contributed by atoms with van der Waals surface area (Å²) < 4.78 is 27.9. The van der Waals surface area contributed by atoms with Crippen LogP contribution in [0.1, 0.15) is 30.5 Å². The standard InChI is InChI=1S/C18H21NO2S/c1-14(2)13-18(16-7-5-4-6-8-16)19-22(20,21)17-11-9-15(3)10-12-17/h4-12,18-19H,1,13H2,2-3H3/t18-/m1/s1. The minimum Gasteiger partial charge on any atom is -0.207 e. The average Bonchev–Trinajstić information content (AvgIpc) is 2.47. The van der Waals surface area contributed by atoms with Gasteiger partial charge in [-0.05, 0) is 38.0 Å². The number of rotatable bonds is 6. The van der Waals surface area contributed by atoms with Gasteiger partial charge in [0.15, 0.2) is 0 Å². The Morgan fingerprint density at radius 1 is 1.09 bits per heavy atom. The number of hydrogen-bond acceptors (Lipinski definition) is 2. The largest absolute Gasteiger partial charge is 0.241 e. The molecule has 2 aromatic carbocycles. The first-order valence-corrected chi connectivity index (χ1v) is 8.65. The molecule has 2 aromatic rings. The van der Waals surface area contributed by atoms with Gasteiger partial charge in [-0.15, -0.1) is 6.58 Å². The van der Waals surface area contributed by atoms with Crippen LogP contribution in [0.3, 0.4) is 0 Å². The van der Waals surface area contributed by atoms with Crippen molar-refractivity contribution < 1.29 is 8.42 Å². The van der Waals surface area contributed by atoms with Gasteiger partial charge in [0.05, 0.1) is 10.9 Å². The van der Waals surface area contributed by atoms with E-state index in [9.17, 15) is 8.42 Å². The van der Waals surface area contributed by atoms with E-state index in [0.717, 1.165) is 16.7 Å². The molecular weight excluding hydrogens is 294 g/mol. The molecule has 0 spiro atoms. The van der Waals surface area contributed by atoms with Gasteiger partial charge >= 0.3 is 0 Å². The summed E-state index contributed by atoms with van der Waals surface area (Å²) in [5, 5.41) is 0. The molecule has 0 heterocycles. The van der Waals surface area contributed by atoms with Crippen LogP contribution in [0.25, 0.3) is 0 Å². The average molecular weight is 315 g/mol. The molecule has 4 heteroatoms. The van der Waals surface area contributed by atoms with Gasteiger partial charge in [-0.1, -0.05) is 53.6 Å². The van der Waals surface area contributed by atoms with Crippen molar-refractivity contribution in [1.29, 1.82) is 0 Å². The van der Waals surface area contributed by atoms with Gasteiger partial charge in [-0.2, -0.15) is 0 Å². The minimum atomic E-state index is -3.56. The van der Waals surface area contributed by atoms with Crippen molar-refractivity contribution in [2.45, 2.75) is 31.2 Å². The molecule has 0 amide bonds. The first-order chi connectivity index (χ1) is 10.4. The molecule has 0 aliphatic heterocycles. The Kier molecular flexibility index (Phi) is 5.16. The van der Waals surface area contributed by atoms with Crippen molar-refractivity contribution in [1.82, 2.24) is 4.72 Å². The maximum Gasteiger partial charge on any atom is 0.241 e. The van der Waals surface area contributed by atoms with Crippen LogP contribution in [0.15, 0.2) is 71.6 Å². The molecule has 0 aliphatic carbocycles. The van der Waals surface area contributed by atoms with Crippen LogP contribution < -0.4 is 4.72 Å². The summed E-state index contributed by atoms with van der Waals surface area (Å²) >= 11 is 0. The molecule has 0 saturated heterocycles. The van der Waals surface area contributed by atoms with E-state index in [1.54, 1.807) is 24.3 Å². The third-order valence-corrected chi connectivity index (χ3v) is 4.87. The Bertz CT molecular complexity index is 734. The normalized spacial score (nSPS) is 12.8. The molecule has 22 heavy (non-hydrogen) atoms. The van der Waals surface area contributed by atoms with Gasteiger partial charge in [0.1, 0.15) is 0 Å². The number of benzene rings is 2. The van der Waals surface area contributed by atoms with Gasteiger partial charge in [0.2, 0.25) is 10.0 Å². The third-order valence-electron chi connectivity index (χ3n) is 3.38. The van der Waals surface area contributed by atoms with Gasteiger partial charge < -0.3 is 0 Å². The Morgan fingerprint density at radius 3 is 2.23 bits per heavy atom.